The van der Waals surface area contributed by atoms with Crippen molar-refractivity contribution in [1.29, 1.82) is 0 Å². The molecule has 0 rings (SSSR count). The molecule has 0 spiro atoms. The molecule has 0 fully saturated rings. The summed E-state index contributed by atoms with van der Waals surface area (Å²) < 4.78 is 14.2. The minimum Gasteiger partial charge on any atom is -0.463 e. The summed E-state index contributed by atoms with van der Waals surface area (Å²) in [5.74, 6) is -1.50. The van der Waals surface area contributed by atoms with Gasteiger partial charge < -0.3 is 19.1 Å². The molecule has 0 saturated carbocycles. The molecule has 0 aliphatic carbocycles. The predicted octanol–water partition coefficient (Wildman–Crippen LogP) is 2.44. The summed E-state index contributed by atoms with van der Waals surface area (Å²) in [6.07, 6.45) is 7.84. The van der Waals surface area contributed by atoms with Crippen LogP contribution in [0, 0.1) is 0 Å². The molecular formula is C21H33NO8. The maximum Gasteiger partial charge on any atom is 0.373 e. The van der Waals surface area contributed by atoms with Crippen LogP contribution in [0.15, 0.2) is 35.6 Å². The fraction of sp³-hybridized carbons (Fsp3) is 0.524. The van der Waals surface area contributed by atoms with Crippen molar-refractivity contribution >= 4 is 24.1 Å². The van der Waals surface area contributed by atoms with E-state index in [0.717, 1.165) is 0 Å². The Morgan fingerprint density at radius 1 is 0.833 bits per heavy atom. The summed E-state index contributed by atoms with van der Waals surface area (Å²) in [5.41, 5.74) is 0.647. The molecule has 30 heavy (non-hydrogen) atoms. The van der Waals surface area contributed by atoms with Crippen LogP contribution in [0.25, 0.3) is 0 Å². The fourth-order valence-electron chi connectivity index (χ4n) is 1.62. The van der Waals surface area contributed by atoms with Crippen molar-refractivity contribution in [2.24, 2.45) is 0 Å². The average molecular weight is 427 g/mol. The maximum absolute atomic E-state index is 11.3. The summed E-state index contributed by atoms with van der Waals surface area (Å²) in [6.45, 7) is 9.60. The minimum atomic E-state index is -0.636. The summed E-state index contributed by atoms with van der Waals surface area (Å²) in [5, 5.41) is 0. The second kappa shape index (κ2) is 22.1. The van der Waals surface area contributed by atoms with Gasteiger partial charge in [-0.15, -0.1) is 0 Å². The van der Waals surface area contributed by atoms with E-state index in [-0.39, 0.29) is 30.9 Å². The smallest absolute Gasteiger partial charge is 0.373 e. The van der Waals surface area contributed by atoms with Gasteiger partial charge >= 0.3 is 24.1 Å². The molecule has 0 aromatic carbocycles. The molecule has 0 bridgehead atoms. The molecule has 0 aliphatic rings. The number of rotatable bonds is 9. The third kappa shape index (κ3) is 18.2. The Morgan fingerprint density at radius 3 is 1.53 bits per heavy atom. The summed E-state index contributed by atoms with van der Waals surface area (Å²) in [6, 6.07) is 0. The van der Waals surface area contributed by atoms with Gasteiger partial charge in [0.25, 0.3) is 0 Å². The second-order valence-electron chi connectivity index (χ2n) is 5.30. The van der Waals surface area contributed by atoms with Crippen molar-refractivity contribution in [2.45, 2.75) is 41.0 Å². The summed E-state index contributed by atoms with van der Waals surface area (Å²) >= 11 is 0. The molecule has 0 atom stereocenters. The highest BCUT2D eigenvalue weighted by Crippen LogP contribution is 2.04. The van der Waals surface area contributed by atoms with Crippen LogP contribution in [0.3, 0.4) is 0 Å². The Labute approximate surface area is 178 Å². The number of allylic oxidation sites excluding steroid dienone is 3. The Kier molecular flexibility index (Phi) is 23.2. The van der Waals surface area contributed by atoms with Gasteiger partial charge in [-0.3, -0.25) is 0 Å². The zero-order valence-electron chi connectivity index (χ0n) is 18.9. The first-order valence-electron chi connectivity index (χ1n) is 9.40. The highest BCUT2D eigenvalue weighted by Gasteiger charge is 2.19. The van der Waals surface area contributed by atoms with Crippen LogP contribution in [0.2, 0.25) is 0 Å². The molecule has 170 valence electrons. The molecule has 9 nitrogen and oxygen atoms in total. The van der Waals surface area contributed by atoms with E-state index in [1.54, 1.807) is 33.8 Å². The molecule has 0 N–H and O–H groups in total. The van der Waals surface area contributed by atoms with Crippen molar-refractivity contribution < 1.29 is 38.2 Å². The van der Waals surface area contributed by atoms with E-state index in [2.05, 4.69) is 9.47 Å². The van der Waals surface area contributed by atoms with Crippen LogP contribution in [0.5, 0.6) is 0 Å². The lowest BCUT2D eigenvalue weighted by Gasteiger charge is -2.04. The first-order valence-corrected chi connectivity index (χ1v) is 9.40. The first kappa shape index (κ1) is 31.5. The van der Waals surface area contributed by atoms with Gasteiger partial charge in [0.1, 0.15) is 5.57 Å². The number of esters is 3. The lowest BCUT2D eigenvalue weighted by Crippen LogP contribution is -2.18. The van der Waals surface area contributed by atoms with Gasteiger partial charge in [-0.25, -0.2) is 14.4 Å². The van der Waals surface area contributed by atoms with Gasteiger partial charge in [0, 0.05) is 19.7 Å². The van der Waals surface area contributed by atoms with Crippen molar-refractivity contribution in [3.63, 3.8) is 0 Å². The van der Waals surface area contributed by atoms with Gasteiger partial charge in [0.2, 0.25) is 0 Å². The number of nitrogens with zero attached hydrogens (tertiary/aromatic N) is 1. The molecule has 0 amide bonds. The molecule has 0 heterocycles. The van der Waals surface area contributed by atoms with Crippen molar-refractivity contribution in [2.75, 3.05) is 33.9 Å². The second-order valence-corrected chi connectivity index (χ2v) is 5.30. The zero-order chi connectivity index (χ0) is 23.9. The van der Waals surface area contributed by atoms with Gasteiger partial charge in [0.05, 0.1) is 19.8 Å². The molecule has 0 saturated heterocycles. The monoisotopic (exact) mass is 427 g/mol. The van der Waals surface area contributed by atoms with Crippen LogP contribution in [0.4, 0.5) is 0 Å². The van der Waals surface area contributed by atoms with E-state index in [1.165, 1.54) is 6.08 Å². The van der Waals surface area contributed by atoms with Crippen molar-refractivity contribution in [1.82, 2.24) is 4.90 Å². The zero-order valence-corrected chi connectivity index (χ0v) is 18.9. The fourth-order valence-corrected chi connectivity index (χ4v) is 1.62. The molecule has 9 heteroatoms. The third-order valence-corrected chi connectivity index (χ3v) is 2.88. The quantitative estimate of drug-likeness (QED) is 0.137. The highest BCUT2D eigenvalue weighted by atomic mass is 16.6. The average Bonchev–Trinajstić information content (AvgIpc) is 2.67. The molecule has 0 aromatic heterocycles. The number of carbonyl (C=O) groups excluding carboxylic acids is 5. The summed E-state index contributed by atoms with van der Waals surface area (Å²) in [7, 11) is 3.86. The predicted molar refractivity (Wildman–Crippen MR) is 110 cm³/mol. The van der Waals surface area contributed by atoms with Crippen LogP contribution >= 0.6 is 0 Å². The maximum atomic E-state index is 11.3. The lowest BCUT2D eigenvalue weighted by molar-refractivity contribution is -0.191. The van der Waals surface area contributed by atoms with E-state index < -0.39 is 11.9 Å². The lowest BCUT2D eigenvalue weighted by atomic mass is 10.2. The Hall–Kier alpha value is -3.19. The van der Waals surface area contributed by atoms with Crippen LogP contribution in [-0.4, -0.2) is 62.9 Å². The molecule has 0 radical (unpaired) electrons. The normalized spacial score (nSPS) is 9.63. The number of hydrogen-bond donors (Lipinski definition) is 0. The van der Waals surface area contributed by atoms with Crippen molar-refractivity contribution in [3.05, 3.63) is 35.6 Å². The van der Waals surface area contributed by atoms with E-state index in [4.69, 9.17) is 14.3 Å². The third-order valence-electron chi connectivity index (χ3n) is 2.88. The molecular weight excluding hydrogens is 394 g/mol. The van der Waals surface area contributed by atoms with Crippen LogP contribution in [-0.2, 0) is 38.2 Å². The molecule has 0 unspecified atom stereocenters. The van der Waals surface area contributed by atoms with Crippen molar-refractivity contribution in [3.8, 4) is 0 Å². The van der Waals surface area contributed by atoms with Gasteiger partial charge in [-0.1, -0.05) is 19.1 Å². The van der Waals surface area contributed by atoms with E-state index in [0.29, 0.717) is 18.6 Å². The van der Waals surface area contributed by atoms with E-state index in [9.17, 15) is 14.4 Å². The van der Waals surface area contributed by atoms with E-state index in [1.807, 2.05) is 38.2 Å². The highest BCUT2D eigenvalue weighted by molar-refractivity contribution is 6.13. The van der Waals surface area contributed by atoms with Crippen LogP contribution < -0.4 is 0 Å². The first-order chi connectivity index (χ1) is 14.2. The minimum absolute atomic E-state index is 0.0521. The van der Waals surface area contributed by atoms with Crippen LogP contribution in [0.1, 0.15) is 41.0 Å². The topological polar surface area (TPSA) is 116 Å². The standard InChI is InChI=1S/C11H19NO2.C9H14O4.CO2/c1-5-10(11(13)14-6-2)8-7-9-12(3)4;1-4-7(8(10)12-5-2)9(11)13-6-3;2-1-3/h7-9H,5-6H2,1-4H3;4H,5-6H2,1-3H3;/b9-7+,10-8-;;. The molecule has 0 aliphatic heterocycles. The Bertz CT molecular complexity index is 607. The largest absolute Gasteiger partial charge is 0.463 e. The SMILES string of the molecule is CC=C(C(=O)OCC)C(=O)OCC.CCOC(=O)/C(=C\C=C\N(C)C)CC.O=C=O. The summed E-state index contributed by atoms with van der Waals surface area (Å²) in [4.78, 5) is 51.7. The van der Waals surface area contributed by atoms with Gasteiger partial charge in [0.15, 0.2) is 0 Å². The molecule has 0 aromatic rings. The van der Waals surface area contributed by atoms with Gasteiger partial charge in [-0.05, 0) is 46.4 Å². The Morgan fingerprint density at radius 2 is 1.23 bits per heavy atom. The number of ether oxygens (including phenoxy) is 3. The van der Waals surface area contributed by atoms with Gasteiger partial charge in [-0.2, -0.15) is 9.59 Å². The number of carbonyl (C=O) groups is 3. The number of hydrogen-bond acceptors (Lipinski definition) is 9. The Balaban J connectivity index is -0.000000430. The van der Waals surface area contributed by atoms with E-state index >= 15 is 0 Å².